The molecular weight excluding hydrogens is 324 g/mol. The van der Waals surface area contributed by atoms with Gasteiger partial charge in [-0.15, -0.1) is 0 Å². The fourth-order valence-electron chi connectivity index (χ4n) is 2.69. The second-order valence-electron chi connectivity index (χ2n) is 5.67. The fraction of sp³-hybridized carbons (Fsp3) is 0.158. The maximum Gasteiger partial charge on any atom is 0.256 e. The van der Waals surface area contributed by atoms with Crippen molar-refractivity contribution in [2.24, 2.45) is 0 Å². The first-order valence-corrected chi connectivity index (χ1v) is 7.94. The van der Waals surface area contributed by atoms with Gasteiger partial charge in [0.05, 0.1) is 0 Å². The van der Waals surface area contributed by atoms with Crippen LogP contribution in [0.1, 0.15) is 17.2 Å². The van der Waals surface area contributed by atoms with E-state index >= 15 is 0 Å². The van der Waals surface area contributed by atoms with Gasteiger partial charge in [0.2, 0.25) is 0 Å². The maximum absolute atomic E-state index is 12.5. The third kappa shape index (κ3) is 3.40. The monoisotopic (exact) mass is 340 g/mol. The van der Waals surface area contributed by atoms with Gasteiger partial charge < -0.3 is 10.0 Å². The van der Waals surface area contributed by atoms with E-state index in [1.165, 1.54) is 4.90 Å². The molecule has 0 saturated carbocycles. The highest BCUT2D eigenvalue weighted by atomic mass is 35.5. The molecule has 1 N–H and O–H groups in total. The van der Waals surface area contributed by atoms with Crippen LogP contribution in [-0.2, 0) is 11.3 Å². The molecular formula is C19H17ClN2O2. The van der Waals surface area contributed by atoms with E-state index in [9.17, 15) is 9.90 Å². The summed E-state index contributed by atoms with van der Waals surface area (Å²) in [6, 6.07) is 14.5. The number of likely N-dealkylation sites (N-methyl/N-ethyl adjacent to an activating group) is 1. The van der Waals surface area contributed by atoms with Crippen molar-refractivity contribution in [2.75, 3.05) is 7.05 Å². The Hall–Kier alpha value is -2.43. The van der Waals surface area contributed by atoms with Gasteiger partial charge in [0.15, 0.2) is 6.10 Å². The number of halogens is 1. The molecule has 0 saturated heterocycles. The van der Waals surface area contributed by atoms with E-state index in [2.05, 4.69) is 4.98 Å². The molecule has 3 aromatic rings. The summed E-state index contributed by atoms with van der Waals surface area (Å²) in [5.74, 6) is -0.372. The Labute approximate surface area is 145 Å². The summed E-state index contributed by atoms with van der Waals surface area (Å²) in [7, 11) is 1.68. The molecule has 24 heavy (non-hydrogen) atoms. The van der Waals surface area contributed by atoms with Crippen molar-refractivity contribution in [1.82, 2.24) is 9.88 Å². The first-order valence-electron chi connectivity index (χ1n) is 7.56. The lowest BCUT2D eigenvalue weighted by Gasteiger charge is -2.22. The van der Waals surface area contributed by atoms with Crippen LogP contribution < -0.4 is 0 Å². The highest BCUT2D eigenvalue weighted by Gasteiger charge is 2.22. The predicted molar refractivity (Wildman–Crippen MR) is 94.6 cm³/mol. The Kier molecular flexibility index (Phi) is 4.79. The number of fused-ring (bicyclic) bond motifs is 1. The number of aliphatic hydroxyl groups is 1. The molecule has 4 nitrogen and oxygen atoms in total. The van der Waals surface area contributed by atoms with Crippen molar-refractivity contribution >= 4 is 28.3 Å². The highest BCUT2D eigenvalue weighted by molar-refractivity contribution is 6.30. The molecule has 2 aromatic carbocycles. The average molecular weight is 341 g/mol. The first-order chi connectivity index (χ1) is 11.6. The predicted octanol–water partition coefficient (Wildman–Crippen LogP) is 3.58. The Morgan fingerprint density at radius 1 is 1.25 bits per heavy atom. The molecule has 0 spiro atoms. The fourth-order valence-corrected chi connectivity index (χ4v) is 2.89. The zero-order valence-corrected chi connectivity index (χ0v) is 13.9. The van der Waals surface area contributed by atoms with Crippen LogP contribution in [0.2, 0.25) is 5.02 Å². The van der Waals surface area contributed by atoms with Gasteiger partial charge in [-0.2, -0.15) is 0 Å². The number of amides is 1. The summed E-state index contributed by atoms with van der Waals surface area (Å²) in [5.41, 5.74) is 1.49. The number of nitrogens with zero attached hydrogens (tertiary/aromatic N) is 2. The number of benzene rings is 2. The molecule has 1 amide bonds. The molecule has 0 aliphatic heterocycles. The van der Waals surface area contributed by atoms with Crippen LogP contribution in [0.4, 0.5) is 0 Å². The summed E-state index contributed by atoms with van der Waals surface area (Å²) in [6.07, 6.45) is 2.29. The van der Waals surface area contributed by atoms with Crippen LogP contribution >= 0.6 is 11.6 Å². The minimum atomic E-state index is -1.23. The second kappa shape index (κ2) is 6.99. The van der Waals surface area contributed by atoms with Gasteiger partial charge >= 0.3 is 0 Å². The number of hydrogen-bond acceptors (Lipinski definition) is 3. The maximum atomic E-state index is 12.5. The molecule has 0 radical (unpaired) electrons. The summed E-state index contributed by atoms with van der Waals surface area (Å²) in [6.45, 7) is 0.401. The van der Waals surface area contributed by atoms with E-state index in [1.807, 2.05) is 24.3 Å². The van der Waals surface area contributed by atoms with Crippen LogP contribution in [-0.4, -0.2) is 27.9 Å². The van der Waals surface area contributed by atoms with Gasteiger partial charge in [-0.3, -0.25) is 9.78 Å². The molecule has 3 rings (SSSR count). The molecule has 0 fully saturated rings. The molecule has 0 bridgehead atoms. The molecule has 1 heterocycles. The van der Waals surface area contributed by atoms with Crippen LogP contribution in [0.25, 0.3) is 10.8 Å². The molecule has 1 atom stereocenters. The summed E-state index contributed by atoms with van der Waals surface area (Å²) in [5, 5.41) is 12.9. The molecule has 122 valence electrons. The van der Waals surface area contributed by atoms with Crippen LogP contribution in [0, 0.1) is 0 Å². The third-order valence-corrected chi connectivity index (χ3v) is 4.19. The van der Waals surface area contributed by atoms with Gasteiger partial charge in [-0.25, -0.2) is 0 Å². The van der Waals surface area contributed by atoms with Crippen molar-refractivity contribution < 1.29 is 9.90 Å². The van der Waals surface area contributed by atoms with Crippen LogP contribution in [0.3, 0.4) is 0 Å². The Bertz CT molecular complexity index is 877. The SMILES string of the molecule is CN(Cc1cccc2cnccc12)C(=O)[C@@H](O)c1cccc(Cl)c1. The van der Waals surface area contributed by atoms with E-state index in [0.717, 1.165) is 16.3 Å². The minimum absolute atomic E-state index is 0.372. The summed E-state index contributed by atoms with van der Waals surface area (Å²) >= 11 is 5.93. The number of carbonyl (C=O) groups is 1. The van der Waals surface area contributed by atoms with Gasteiger partial charge in [-0.1, -0.05) is 41.9 Å². The molecule has 0 aliphatic carbocycles. The lowest BCUT2D eigenvalue weighted by Crippen LogP contribution is -2.31. The Morgan fingerprint density at radius 2 is 2.04 bits per heavy atom. The number of aromatic nitrogens is 1. The van der Waals surface area contributed by atoms with E-state index < -0.39 is 6.10 Å². The number of aliphatic hydroxyl groups excluding tert-OH is 1. The highest BCUT2D eigenvalue weighted by Crippen LogP contribution is 2.22. The van der Waals surface area contributed by atoms with Gasteiger partial charge in [0.25, 0.3) is 5.91 Å². The number of carbonyl (C=O) groups excluding carboxylic acids is 1. The largest absolute Gasteiger partial charge is 0.378 e. The Balaban J connectivity index is 1.81. The van der Waals surface area contributed by atoms with E-state index in [1.54, 1.807) is 43.7 Å². The molecule has 1 aromatic heterocycles. The standard InChI is InChI=1S/C19H17ClN2O2/c1-22(19(24)18(23)13-4-3-7-16(20)10-13)12-15-6-2-5-14-11-21-9-8-17(14)15/h2-11,18,23H,12H2,1H3/t18-/m0/s1. The second-order valence-corrected chi connectivity index (χ2v) is 6.10. The zero-order chi connectivity index (χ0) is 17.1. The van der Waals surface area contributed by atoms with Crippen molar-refractivity contribution in [3.8, 4) is 0 Å². The molecule has 0 aliphatic rings. The van der Waals surface area contributed by atoms with Crippen molar-refractivity contribution in [2.45, 2.75) is 12.6 Å². The lowest BCUT2D eigenvalue weighted by molar-refractivity contribution is -0.139. The van der Waals surface area contributed by atoms with Crippen molar-refractivity contribution in [1.29, 1.82) is 0 Å². The number of pyridine rings is 1. The van der Waals surface area contributed by atoms with E-state index in [0.29, 0.717) is 17.1 Å². The van der Waals surface area contributed by atoms with E-state index in [-0.39, 0.29) is 5.91 Å². The smallest absolute Gasteiger partial charge is 0.256 e. The van der Waals surface area contributed by atoms with Gasteiger partial charge in [0, 0.05) is 36.4 Å². The number of rotatable bonds is 4. The third-order valence-electron chi connectivity index (χ3n) is 3.95. The normalized spacial score (nSPS) is 12.1. The van der Waals surface area contributed by atoms with Gasteiger partial charge in [0.1, 0.15) is 0 Å². The lowest BCUT2D eigenvalue weighted by atomic mass is 10.1. The first kappa shape index (κ1) is 16.4. The zero-order valence-electron chi connectivity index (χ0n) is 13.2. The number of hydrogen-bond donors (Lipinski definition) is 1. The topological polar surface area (TPSA) is 53.4 Å². The average Bonchev–Trinajstić information content (AvgIpc) is 2.60. The van der Waals surface area contributed by atoms with E-state index in [4.69, 9.17) is 11.6 Å². The van der Waals surface area contributed by atoms with Crippen molar-refractivity contribution in [3.05, 3.63) is 77.1 Å². The Morgan fingerprint density at radius 3 is 2.83 bits per heavy atom. The van der Waals surface area contributed by atoms with Gasteiger partial charge in [-0.05, 0) is 34.7 Å². The molecule has 5 heteroatoms. The minimum Gasteiger partial charge on any atom is -0.378 e. The summed E-state index contributed by atoms with van der Waals surface area (Å²) < 4.78 is 0. The van der Waals surface area contributed by atoms with Crippen LogP contribution in [0.15, 0.2) is 60.9 Å². The summed E-state index contributed by atoms with van der Waals surface area (Å²) in [4.78, 5) is 18.1. The van der Waals surface area contributed by atoms with Crippen LogP contribution in [0.5, 0.6) is 0 Å². The quantitative estimate of drug-likeness (QED) is 0.789. The van der Waals surface area contributed by atoms with Crippen molar-refractivity contribution in [3.63, 3.8) is 0 Å². The molecule has 0 unspecified atom stereocenters.